The smallest absolute Gasteiger partial charge is 0.0181 e. The van der Waals surface area contributed by atoms with Gasteiger partial charge in [-0.05, 0) is 12.3 Å². The zero-order valence-corrected chi connectivity index (χ0v) is 8.65. The molecule has 0 aliphatic heterocycles. The van der Waals surface area contributed by atoms with Crippen LogP contribution in [-0.4, -0.2) is 15.3 Å². The Kier molecular flexibility index (Phi) is 7.75. The number of nitrogens with one attached hydrogen (secondary N) is 1. The van der Waals surface area contributed by atoms with Crippen molar-refractivity contribution in [2.75, 3.05) is 6.54 Å². The maximum absolute atomic E-state index is 10.0. The van der Waals surface area contributed by atoms with Crippen molar-refractivity contribution in [3.63, 3.8) is 0 Å². The first kappa shape index (κ1) is 12.1. The van der Waals surface area contributed by atoms with E-state index in [1.165, 1.54) is 12.8 Å². The molecule has 0 radical (unpaired) electrons. The first-order valence-corrected chi connectivity index (χ1v) is 5.53. The van der Waals surface area contributed by atoms with E-state index >= 15 is 0 Å². The van der Waals surface area contributed by atoms with Gasteiger partial charge in [-0.25, -0.2) is 4.72 Å². The molecule has 1 N–H and O–H groups in total. The highest BCUT2D eigenvalue weighted by Gasteiger charge is 1.93. The first-order chi connectivity index (χ1) is 5.63. The lowest BCUT2D eigenvalue weighted by atomic mass is 10.1. The quantitative estimate of drug-likeness (QED) is 0.492. The van der Waals surface area contributed by atoms with Crippen molar-refractivity contribution in [2.24, 2.45) is 5.92 Å². The average Bonchev–Trinajstić information content (AvgIpc) is 1.95. The van der Waals surface area contributed by atoms with E-state index in [9.17, 15) is 8.76 Å². The summed E-state index contributed by atoms with van der Waals surface area (Å²) in [5.41, 5.74) is 0. The van der Waals surface area contributed by atoms with Gasteiger partial charge in [0.2, 0.25) is 0 Å². The summed E-state index contributed by atoms with van der Waals surface area (Å²) < 4.78 is 22.4. The van der Waals surface area contributed by atoms with Crippen LogP contribution in [0.1, 0.15) is 39.5 Å². The topological polar surface area (TPSA) is 52.2 Å². The van der Waals surface area contributed by atoms with Crippen molar-refractivity contribution < 1.29 is 8.76 Å². The normalized spacial score (nSPS) is 13.7. The zero-order valence-electron chi connectivity index (χ0n) is 7.84. The summed E-state index contributed by atoms with van der Waals surface area (Å²) in [6, 6.07) is 0. The van der Waals surface area contributed by atoms with Crippen LogP contribution >= 0.6 is 0 Å². The summed E-state index contributed by atoms with van der Waals surface area (Å²) in [5.74, 6) is 0.756. The lowest BCUT2D eigenvalue weighted by Gasteiger charge is -2.07. The minimum Gasteiger partial charge on any atom is -0.760 e. The molecule has 0 aromatic heterocycles. The van der Waals surface area contributed by atoms with E-state index in [0.717, 1.165) is 18.8 Å². The van der Waals surface area contributed by atoms with Gasteiger partial charge in [0.05, 0.1) is 0 Å². The molecular formula is C8H18NO2S-. The average molecular weight is 192 g/mol. The van der Waals surface area contributed by atoms with Crippen LogP contribution in [-0.2, 0) is 11.3 Å². The molecule has 0 saturated heterocycles. The standard InChI is InChI=1S/C8H19NO2S/c1-8(2)6-4-3-5-7-9-12(10)11/h8-9H,3-7H2,1-2H3,(H,10,11)/p-1. The molecule has 0 aliphatic rings. The van der Waals surface area contributed by atoms with Gasteiger partial charge in [-0.15, -0.1) is 0 Å². The van der Waals surface area contributed by atoms with Crippen LogP contribution in [0.3, 0.4) is 0 Å². The van der Waals surface area contributed by atoms with E-state index in [1.54, 1.807) is 0 Å². The molecule has 0 amide bonds. The molecule has 0 spiro atoms. The number of hydrogen-bond acceptors (Lipinski definition) is 2. The van der Waals surface area contributed by atoms with Gasteiger partial charge < -0.3 is 4.55 Å². The van der Waals surface area contributed by atoms with Crippen molar-refractivity contribution >= 4 is 11.3 Å². The Labute approximate surface area is 77.4 Å². The maximum Gasteiger partial charge on any atom is 0.0181 e. The number of hydrogen-bond donors (Lipinski definition) is 1. The molecule has 4 heteroatoms. The largest absolute Gasteiger partial charge is 0.760 e. The third kappa shape index (κ3) is 10.1. The maximum atomic E-state index is 10.0. The molecule has 0 rings (SSSR count). The predicted molar refractivity (Wildman–Crippen MR) is 50.2 cm³/mol. The Hall–Kier alpha value is 0.0700. The first-order valence-electron chi connectivity index (χ1n) is 4.45. The summed E-state index contributed by atoms with van der Waals surface area (Å²) in [6.45, 7) is 4.98. The van der Waals surface area contributed by atoms with E-state index in [0.29, 0.717) is 6.54 Å². The van der Waals surface area contributed by atoms with Gasteiger partial charge >= 0.3 is 0 Å². The fraction of sp³-hybridized carbons (Fsp3) is 1.00. The van der Waals surface area contributed by atoms with E-state index in [4.69, 9.17) is 0 Å². The molecule has 0 aliphatic carbocycles. The molecule has 1 unspecified atom stereocenters. The van der Waals surface area contributed by atoms with Crippen LogP contribution in [0.5, 0.6) is 0 Å². The van der Waals surface area contributed by atoms with Crippen LogP contribution in [0, 0.1) is 5.92 Å². The molecule has 0 fully saturated rings. The lowest BCUT2D eigenvalue weighted by molar-refractivity contribution is 0.507. The Bertz CT molecular complexity index is 128. The number of unbranched alkanes of at least 4 members (excludes halogenated alkanes) is 2. The van der Waals surface area contributed by atoms with Crippen molar-refractivity contribution in [3.8, 4) is 0 Å². The monoisotopic (exact) mass is 192 g/mol. The van der Waals surface area contributed by atoms with E-state index in [1.807, 2.05) is 0 Å². The second-order valence-corrected chi connectivity index (χ2v) is 4.13. The van der Waals surface area contributed by atoms with Crippen LogP contribution < -0.4 is 4.72 Å². The highest BCUT2D eigenvalue weighted by Crippen LogP contribution is 2.07. The van der Waals surface area contributed by atoms with Crippen LogP contribution in [0.2, 0.25) is 0 Å². The summed E-state index contributed by atoms with van der Waals surface area (Å²) in [5, 5.41) is 0. The molecule has 1 atom stereocenters. The third-order valence-corrected chi connectivity index (χ3v) is 2.12. The van der Waals surface area contributed by atoms with Gasteiger partial charge in [-0.1, -0.05) is 33.1 Å². The molecule has 12 heavy (non-hydrogen) atoms. The van der Waals surface area contributed by atoms with Crippen LogP contribution in [0.15, 0.2) is 0 Å². The summed E-state index contributed by atoms with van der Waals surface area (Å²) in [4.78, 5) is 0. The molecule has 74 valence electrons. The molecule has 3 nitrogen and oxygen atoms in total. The summed E-state index contributed by atoms with van der Waals surface area (Å²) >= 11 is -2.08. The van der Waals surface area contributed by atoms with Crippen molar-refractivity contribution in [2.45, 2.75) is 39.5 Å². The van der Waals surface area contributed by atoms with Crippen molar-refractivity contribution in [1.29, 1.82) is 0 Å². The van der Waals surface area contributed by atoms with Crippen LogP contribution in [0.25, 0.3) is 0 Å². The SMILES string of the molecule is CC(C)CCCCCNS(=O)[O-]. The Morgan fingerprint density at radius 3 is 2.50 bits per heavy atom. The second kappa shape index (κ2) is 7.71. The fourth-order valence-corrected chi connectivity index (χ4v) is 1.32. The Morgan fingerprint density at radius 2 is 2.00 bits per heavy atom. The van der Waals surface area contributed by atoms with Gasteiger partial charge in [0.15, 0.2) is 0 Å². The lowest BCUT2D eigenvalue weighted by Crippen LogP contribution is -2.17. The van der Waals surface area contributed by atoms with E-state index in [2.05, 4.69) is 18.6 Å². The van der Waals surface area contributed by atoms with Gasteiger partial charge in [0.1, 0.15) is 0 Å². The molecule has 0 saturated carbocycles. The van der Waals surface area contributed by atoms with Gasteiger partial charge in [0, 0.05) is 17.8 Å². The molecule has 0 aromatic carbocycles. The van der Waals surface area contributed by atoms with Crippen molar-refractivity contribution in [3.05, 3.63) is 0 Å². The Morgan fingerprint density at radius 1 is 1.33 bits per heavy atom. The highest BCUT2D eigenvalue weighted by atomic mass is 32.2. The minimum absolute atomic E-state index is 0.578. The zero-order chi connectivity index (χ0) is 9.40. The van der Waals surface area contributed by atoms with E-state index < -0.39 is 11.3 Å². The van der Waals surface area contributed by atoms with E-state index in [-0.39, 0.29) is 0 Å². The van der Waals surface area contributed by atoms with Gasteiger partial charge in [-0.2, -0.15) is 0 Å². The Balaban J connectivity index is 2.96. The van der Waals surface area contributed by atoms with Gasteiger partial charge in [0.25, 0.3) is 0 Å². The molecule has 0 aromatic rings. The number of rotatable bonds is 7. The van der Waals surface area contributed by atoms with Crippen LogP contribution in [0.4, 0.5) is 0 Å². The highest BCUT2D eigenvalue weighted by molar-refractivity contribution is 7.77. The minimum atomic E-state index is -2.08. The fourth-order valence-electron chi connectivity index (χ4n) is 1.01. The second-order valence-electron chi connectivity index (χ2n) is 3.37. The molecule has 0 heterocycles. The van der Waals surface area contributed by atoms with Crippen molar-refractivity contribution in [1.82, 2.24) is 4.72 Å². The molecular weight excluding hydrogens is 174 g/mol. The summed E-state index contributed by atoms with van der Waals surface area (Å²) in [6.07, 6.45) is 4.49. The molecule has 0 bridgehead atoms. The third-order valence-electron chi connectivity index (χ3n) is 1.68. The summed E-state index contributed by atoms with van der Waals surface area (Å²) in [7, 11) is 0. The van der Waals surface area contributed by atoms with Gasteiger partial charge in [-0.3, -0.25) is 4.21 Å². The predicted octanol–water partition coefficient (Wildman–Crippen LogP) is 1.59.